The Morgan fingerprint density at radius 3 is 3.06 bits per heavy atom. The normalized spacial score (nSPS) is 26.4. The van der Waals surface area contributed by atoms with Crippen LogP contribution >= 0.6 is 0 Å². The number of carbonyl (C=O) groups excluding carboxylic acids is 1. The van der Waals surface area contributed by atoms with Crippen molar-refractivity contribution in [1.29, 1.82) is 0 Å². The lowest BCUT2D eigenvalue weighted by Crippen LogP contribution is -2.60. The smallest absolute Gasteiger partial charge is 0.267 e. The molecule has 3 atom stereocenters. The fourth-order valence-electron chi connectivity index (χ4n) is 2.07. The maximum atomic E-state index is 11.0. The predicted octanol–water partition coefficient (Wildman–Crippen LogP) is 0.0971. The molecule has 0 bridgehead atoms. The minimum Gasteiger partial charge on any atom is -0.378 e. The summed E-state index contributed by atoms with van der Waals surface area (Å²) in [5.41, 5.74) is 12.1. The molecule has 6 heteroatoms. The summed E-state index contributed by atoms with van der Waals surface area (Å²) in [7, 11) is 0. The first-order valence-electron chi connectivity index (χ1n) is 6.01. The summed E-state index contributed by atoms with van der Waals surface area (Å²) >= 11 is 0. The van der Waals surface area contributed by atoms with E-state index in [-0.39, 0.29) is 23.9 Å². The van der Waals surface area contributed by atoms with Gasteiger partial charge in [-0.05, 0) is 25.5 Å². The molecule has 1 aliphatic carbocycles. The summed E-state index contributed by atoms with van der Waals surface area (Å²) in [6.45, 7) is 2.62. The van der Waals surface area contributed by atoms with Crippen LogP contribution in [0.15, 0.2) is 18.3 Å². The zero-order chi connectivity index (χ0) is 13.1. The topological polar surface area (TPSA) is 103 Å². The number of ether oxygens (including phenoxy) is 1. The van der Waals surface area contributed by atoms with Crippen molar-refractivity contribution in [3.05, 3.63) is 24.0 Å². The summed E-state index contributed by atoms with van der Waals surface area (Å²) < 4.78 is 5.56. The fraction of sp³-hybridized carbons (Fsp3) is 0.500. The number of amides is 1. The Morgan fingerprint density at radius 1 is 1.67 bits per heavy atom. The van der Waals surface area contributed by atoms with Gasteiger partial charge in [0, 0.05) is 24.5 Å². The molecule has 0 saturated heterocycles. The quantitative estimate of drug-likeness (QED) is 0.687. The van der Waals surface area contributed by atoms with Gasteiger partial charge in [0.1, 0.15) is 5.69 Å². The van der Waals surface area contributed by atoms with Crippen molar-refractivity contribution >= 4 is 11.6 Å². The molecule has 18 heavy (non-hydrogen) atoms. The van der Waals surface area contributed by atoms with E-state index in [1.165, 1.54) is 0 Å². The molecule has 6 nitrogen and oxygen atoms in total. The molecule has 5 N–H and O–H groups in total. The lowest BCUT2D eigenvalue weighted by molar-refractivity contribution is -0.0126. The van der Waals surface area contributed by atoms with Crippen molar-refractivity contribution in [3.8, 4) is 0 Å². The molecule has 0 radical (unpaired) electrons. The highest BCUT2D eigenvalue weighted by molar-refractivity contribution is 5.91. The van der Waals surface area contributed by atoms with E-state index >= 15 is 0 Å². The van der Waals surface area contributed by atoms with Crippen molar-refractivity contribution in [1.82, 2.24) is 4.98 Å². The first-order valence-corrected chi connectivity index (χ1v) is 6.01. The largest absolute Gasteiger partial charge is 0.378 e. The maximum Gasteiger partial charge on any atom is 0.267 e. The Morgan fingerprint density at radius 2 is 2.44 bits per heavy atom. The fourth-order valence-corrected chi connectivity index (χ4v) is 2.07. The highest BCUT2D eigenvalue weighted by atomic mass is 16.5. The van der Waals surface area contributed by atoms with Gasteiger partial charge in [0.2, 0.25) is 0 Å². The Kier molecular flexibility index (Phi) is 3.78. The Hall–Kier alpha value is -1.66. The monoisotopic (exact) mass is 250 g/mol. The van der Waals surface area contributed by atoms with Gasteiger partial charge in [-0.15, -0.1) is 0 Å². The average molecular weight is 250 g/mol. The number of hydrogen-bond donors (Lipinski definition) is 3. The van der Waals surface area contributed by atoms with Crippen molar-refractivity contribution in [2.24, 2.45) is 11.5 Å². The second kappa shape index (κ2) is 5.32. The summed E-state index contributed by atoms with van der Waals surface area (Å²) in [4.78, 5) is 14.9. The standard InChI is InChI=1S/C12H18N4O2/c1-2-18-10-6-8(13)11(10)16-7-3-4-15-9(5-7)12(14)17/h3-5,8,10-11H,2,6,13H2,1H3,(H2,14,17)(H,15,16). The highest BCUT2D eigenvalue weighted by Gasteiger charge is 2.39. The number of nitrogens with zero attached hydrogens (tertiary/aromatic N) is 1. The van der Waals surface area contributed by atoms with Crippen LogP contribution in [0, 0.1) is 0 Å². The second-order valence-electron chi connectivity index (χ2n) is 4.36. The van der Waals surface area contributed by atoms with Crippen LogP contribution in [-0.2, 0) is 4.74 Å². The summed E-state index contributed by atoms with van der Waals surface area (Å²) in [5.74, 6) is -0.544. The van der Waals surface area contributed by atoms with Gasteiger partial charge in [-0.3, -0.25) is 9.78 Å². The molecule has 1 heterocycles. The van der Waals surface area contributed by atoms with E-state index in [2.05, 4.69) is 10.3 Å². The number of nitrogens with one attached hydrogen (secondary N) is 1. The molecule has 0 spiro atoms. The molecular weight excluding hydrogens is 232 g/mol. The lowest BCUT2D eigenvalue weighted by atomic mass is 9.83. The van der Waals surface area contributed by atoms with E-state index in [4.69, 9.17) is 16.2 Å². The van der Waals surface area contributed by atoms with Crippen molar-refractivity contribution in [3.63, 3.8) is 0 Å². The molecule has 1 amide bonds. The minimum absolute atomic E-state index is 0.0618. The maximum absolute atomic E-state index is 11.0. The number of hydrogen-bond acceptors (Lipinski definition) is 5. The third kappa shape index (κ3) is 2.60. The number of nitrogens with two attached hydrogens (primary N) is 2. The molecule has 0 aliphatic heterocycles. The summed E-state index contributed by atoms with van der Waals surface area (Å²) in [6.07, 6.45) is 2.51. The predicted molar refractivity (Wildman–Crippen MR) is 68.2 cm³/mol. The van der Waals surface area contributed by atoms with E-state index in [0.29, 0.717) is 6.61 Å². The molecule has 1 aromatic heterocycles. The number of primary amides is 1. The van der Waals surface area contributed by atoms with Gasteiger partial charge in [-0.25, -0.2) is 0 Å². The van der Waals surface area contributed by atoms with Crippen LogP contribution in [0.25, 0.3) is 0 Å². The van der Waals surface area contributed by atoms with Crippen LogP contribution < -0.4 is 16.8 Å². The van der Waals surface area contributed by atoms with E-state index in [9.17, 15) is 4.79 Å². The van der Waals surface area contributed by atoms with Gasteiger partial charge in [0.15, 0.2) is 0 Å². The molecule has 98 valence electrons. The zero-order valence-corrected chi connectivity index (χ0v) is 10.3. The van der Waals surface area contributed by atoms with Gasteiger partial charge < -0.3 is 21.5 Å². The number of rotatable bonds is 5. The third-order valence-corrected chi connectivity index (χ3v) is 3.09. The number of aromatic nitrogens is 1. The number of pyridine rings is 1. The average Bonchev–Trinajstić information content (AvgIpc) is 2.36. The van der Waals surface area contributed by atoms with Crippen LogP contribution in [0.4, 0.5) is 5.69 Å². The van der Waals surface area contributed by atoms with E-state index < -0.39 is 5.91 Å². The second-order valence-corrected chi connectivity index (χ2v) is 4.36. The van der Waals surface area contributed by atoms with Crippen LogP contribution in [0.2, 0.25) is 0 Å². The van der Waals surface area contributed by atoms with Crippen LogP contribution in [0.5, 0.6) is 0 Å². The third-order valence-electron chi connectivity index (χ3n) is 3.09. The molecule has 1 fully saturated rings. The zero-order valence-electron chi connectivity index (χ0n) is 10.3. The van der Waals surface area contributed by atoms with E-state index in [0.717, 1.165) is 12.1 Å². The minimum atomic E-state index is -0.544. The SMILES string of the molecule is CCOC1CC(N)C1Nc1ccnc(C(N)=O)c1. The molecule has 0 aromatic carbocycles. The van der Waals surface area contributed by atoms with Crippen LogP contribution in [0.3, 0.4) is 0 Å². The molecule has 1 saturated carbocycles. The molecule has 1 aromatic rings. The Bertz CT molecular complexity index is 436. The number of anilines is 1. The first kappa shape index (κ1) is 12.8. The summed E-state index contributed by atoms with van der Waals surface area (Å²) in [6, 6.07) is 3.52. The van der Waals surface area contributed by atoms with Gasteiger partial charge in [-0.1, -0.05) is 0 Å². The first-order chi connectivity index (χ1) is 8.61. The van der Waals surface area contributed by atoms with Gasteiger partial charge >= 0.3 is 0 Å². The van der Waals surface area contributed by atoms with Gasteiger partial charge in [-0.2, -0.15) is 0 Å². The van der Waals surface area contributed by atoms with Crippen molar-refractivity contribution < 1.29 is 9.53 Å². The molecule has 1 aliphatic rings. The molecule has 3 unspecified atom stereocenters. The lowest BCUT2D eigenvalue weighted by Gasteiger charge is -2.43. The Labute approximate surface area is 106 Å². The summed E-state index contributed by atoms with van der Waals surface area (Å²) in [5, 5.41) is 3.26. The Balaban J connectivity index is 2.04. The highest BCUT2D eigenvalue weighted by Crippen LogP contribution is 2.26. The van der Waals surface area contributed by atoms with Crippen LogP contribution in [-0.4, -0.2) is 35.7 Å². The molecule has 2 rings (SSSR count). The van der Waals surface area contributed by atoms with E-state index in [1.807, 2.05) is 6.92 Å². The molecular formula is C12H18N4O2. The number of carbonyl (C=O) groups is 1. The van der Waals surface area contributed by atoms with E-state index in [1.54, 1.807) is 18.3 Å². The van der Waals surface area contributed by atoms with Gasteiger partial charge in [0.05, 0.1) is 12.1 Å². The van der Waals surface area contributed by atoms with Crippen molar-refractivity contribution in [2.45, 2.75) is 31.5 Å². The van der Waals surface area contributed by atoms with Crippen molar-refractivity contribution in [2.75, 3.05) is 11.9 Å². The van der Waals surface area contributed by atoms with Gasteiger partial charge in [0.25, 0.3) is 5.91 Å². The van der Waals surface area contributed by atoms with Crippen LogP contribution in [0.1, 0.15) is 23.8 Å².